The number of amides is 1. The lowest BCUT2D eigenvalue weighted by Crippen LogP contribution is -2.15. The van der Waals surface area contributed by atoms with Crippen molar-refractivity contribution in [2.75, 3.05) is 28.7 Å². The standard InChI is InChI=1S/C31H28ClFN4O3S2/c1-2-39-29-13-26-24(12-27(29)37-30(38)9-6-20-17-41-42-18-20)31(21(14-34)15-35-26)36-23-7-8-28(25(32)11-23)40-16-19-4-3-5-22(33)10-19/h3-5,7-8,10-13,15,20H,2,6,9,16-18H2,1H3,(H,35,36)(H,37,38). The topological polar surface area (TPSA) is 96.3 Å². The first kappa shape index (κ1) is 29.8. The highest BCUT2D eigenvalue weighted by molar-refractivity contribution is 8.77. The zero-order valence-electron chi connectivity index (χ0n) is 22.8. The first-order valence-corrected chi connectivity index (χ1v) is 16.3. The van der Waals surface area contributed by atoms with Crippen LogP contribution in [0.25, 0.3) is 10.9 Å². The second kappa shape index (κ2) is 14.0. The Balaban J connectivity index is 1.39. The number of nitrogens with zero attached hydrogens (tertiary/aromatic N) is 2. The van der Waals surface area contributed by atoms with E-state index in [1.807, 2.05) is 28.5 Å². The average Bonchev–Trinajstić information content (AvgIpc) is 3.50. The molecular weight excluding hydrogens is 595 g/mol. The summed E-state index contributed by atoms with van der Waals surface area (Å²) in [5.74, 6) is 3.20. The molecule has 1 aliphatic heterocycles. The second-order valence-corrected chi connectivity index (χ2v) is 12.6. The molecule has 2 N–H and O–H groups in total. The van der Waals surface area contributed by atoms with Gasteiger partial charge in [0.1, 0.15) is 30.0 Å². The zero-order chi connectivity index (χ0) is 29.5. The summed E-state index contributed by atoms with van der Waals surface area (Å²) in [4.78, 5) is 17.3. The Labute approximate surface area is 256 Å². The van der Waals surface area contributed by atoms with E-state index in [-0.39, 0.29) is 18.3 Å². The fraction of sp³-hybridized carbons (Fsp3) is 0.258. The van der Waals surface area contributed by atoms with Crippen LogP contribution in [0, 0.1) is 23.1 Å². The number of hydrogen-bond donors (Lipinski definition) is 2. The van der Waals surface area contributed by atoms with E-state index in [2.05, 4.69) is 21.7 Å². The van der Waals surface area contributed by atoms with E-state index >= 15 is 0 Å². The minimum Gasteiger partial charge on any atom is -0.492 e. The highest BCUT2D eigenvalue weighted by Gasteiger charge is 2.19. The number of aromatic nitrogens is 1. The lowest BCUT2D eigenvalue weighted by molar-refractivity contribution is -0.116. The Morgan fingerprint density at radius 1 is 1.14 bits per heavy atom. The maximum Gasteiger partial charge on any atom is 0.224 e. The normalized spacial score (nSPS) is 13.1. The largest absolute Gasteiger partial charge is 0.492 e. The summed E-state index contributed by atoms with van der Waals surface area (Å²) in [5, 5.41) is 17.2. The summed E-state index contributed by atoms with van der Waals surface area (Å²) in [5.41, 5.74) is 3.26. The van der Waals surface area contributed by atoms with E-state index in [1.54, 1.807) is 42.5 Å². The summed E-state index contributed by atoms with van der Waals surface area (Å²) in [6.45, 7) is 2.45. The second-order valence-electron chi connectivity index (χ2n) is 9.67. The molecule has 0 unspecified atom stereocenters. The first-order chi connectivity index (χ1) is 20.4. The van der Waals surface area contributed by atoms with Gasteiger partial charge in [-0.1, -0.05) is 45.3 Å². The van der Waals surface area contributed by atoms with Crippen LogP contribution >= 0.6 is 33.2 Å². The van der Waals surface area contributed by atoms with Crippen molar-refractivity contribution in [3.05, 3.63) is 82.8 Å². The van der Waals surface area contributed by atoms with Crippen LogP contribution in [0.1, 0.15) is 30.9 Å². The Bertz CT molecular complexity index is 1640. The number of rotatable bonds is 11. The number of nitriles is 1. The molecule has 0 bridgehead atoms. The van der Waals surface area contributed by atoms with Gasteiger partial charge in [0, 0.05) is 41.3 Å². The van der Waals surface area contributed by atoms with Gasteiger partial charge in [0.15, 0.2) is 0 Å². The fourth-order valence-corrected chi connectivity index (χ4v) is 7.75. The van der Waals surface area contributed by atoms with Crippen LogP contribution in [0.15, 0.2) is 60.8 Å². The van der Waals surface area contributed by atoms with Gasteiger partial charge in [0.2, 0.25) is 5.91 Å². The van der Waals surface area contributed by atoms with Crippen molar-refractivity contribution >= 4 is 67.1 Å². The van der Waals surface area contributed by atoms with Gasteiger partial charge in [-0.2, -0.15) is 5.26 Å². The number of nitrogens with one attached hydrogen (secondary N) is 2. The number of fused-ring (bicyclic) bond motifs is 1. The van der Waals surface area contributed by atoms with Crippen LogP contribution in [-0.2, 0) is 11.4 Å². The number of halogens is 2. The minimum absolute atomic E-state index is 0.0864. The lowest BCUT2D eigenvalue weighted by Gasteiger charge is -2.17. The Kier molecular flexibility index (Phi) is 9.95. The number of ether oxygens (including phenoxy) is 2. The minimum atomic E-state index is -0.335. The van der Waals surface area contributed by atoms with Crippen LogP contribution in [0.4, 0.5) is 21.5 Å². The molecule has 0 aliphatic carbocycles. The van der Waals surface area contributed by atoms with Gasteiger partial charge in [0.25, 0.3) is 0 Å². The number of pyridine rings is 1. The maximum atomic E-state index is 13.5. The van der Waals surface area contributed by atoms with Crippen molar-refractivity contribution in [2.24, 2.45) is 5.92 Å². The van der Waals surface area contributed by atoms with Crippen LogP contribution in [0.3, 0.4) is 0 Å². The highest BCUT2D eigenvalue weighted by Crippen LogP contribution is 2.39. The van der Waals surface area contributed by atoms with Crippen LogP contribution in [-0.4, -0.2) is 29.0 Å². The quantitative estimate of drug-likeness (QED) is 0.161. The summed E-state index contributed by atoms with van der Waals surface area (Å²) in [7, 11) is 3.71. The average molecular weight is 623 g/mol. The fourth-order valence-electron chi connectivity index (χ4n) is 4.49. The van der Waals surface area contributed by atoms with Crippen molar-refractivity contribution in [1.82, 2.24) is 4.98 Å². The monoisotopic (exact) mass is 622 g/mol. The number of benzene rings is 3. The van der Waals surface area contributed by atoms with Crippen molar-refractivity contribution in [2.45, 2.75) is 26.4 Å². The van der Waals surface area contributed by atoms with Crippen LogP contribution in [0.5, 0.6) is 11.5 Å². The van der Waals surface area contributed by atoms with Gasteiger partial charge in [0.05, 0.1) is 34.1 Å². The van der Waals surface area contributed by atoms with Gasteiger partial charge < -0.3 is 20.1 Å². The molecule has 1 amide bonds. The zero-order valence-corrected chi connectivity index (χ0v) is 25.2. The van der Waals surface area contributed by atoms with E-state index in [0.717, 1.165) is 17.9 Å². The third kappa shape index (κ3) is 7.40. The molecule has 216 valence electrons. The number of hydrogen-bond acceptors (Lipinski definition) is 8. The molecule has 0 atom stereocenters. The van der Waals surface area contributed by atoms with Gasteiger partial charge in [-0.3, -0.25) is 9.78 Å². The number of carbonyl (C=O) groups excluding carboxylic acids is 1. The summed E-state index contributed by atoms with van der Waals surface area (Å²) >= 11 is 6.52. The molecule has 7 nitrogen and oxygen atoms in total. The molecule has 11 heteroatoms. The van der Waals surface area contributed by atoms with Gasteiger partial charge in [-0.25, -0.2) is 4.39 Å². The smallest absolute Gasteiger partial charge is 0.224 e. The molecule has 5 rings (SSSR count). The molecule has 0 saturated carbocycles. The summed E-state index contributed by atoms with van der Waals surface area (Å²) in [6.07, 6.45) is 2.75. The van der Waals surface area contributed by atoms with E-state index in [9.17, 15) is 14.4 Å². The molecule has 4 aromatic rings. The molecule has 1 fully saturated rings. The molecule has 3 aromatic carbocycles. The Morgan fingerprint density at radius 2 is 1.98 bits per heavy atom. The lowest BCUT2D eigenvalue weighted by atomic mass is 10.1. The van der Waals surface area contributed by atoms with E-state index in [1.165, 1.54) is 18.3 Å². The van der Waals surface area contributed by atoms with Gasteiger partial charge >= 0.3 is 0 Å². The van der Waals surface area contributed by atoms with Gasteiger partial charge in [-0.15, -0.1) is 0 Å². The third-order valence-corrected chi connectivity index (χ3v) is 9.61. The molecular formula is C31H28ClFN4O3S2. The SMILES string of the molecule is CCOc1cc2ncc(C#N)c(Nc3ccc(OCc4cccc(F)c4)c(Cl)c3)c2cc1NC(=O)CCC1CSSC1. The Morgan fingerprint density at radius 3 is 2.71 bits per heavy atom. The first-order valence-electron chi connectivity index (χ1n) is 13.4. The molecule has 2 heterocycles. The van der Waals surface area contributed by atoms with Crippen molar-refractivity contribution in [3.63, 3.8) is 0 Å². The van der Waals surface area contributed by atoms with Crippen LogP contribution in [0.2, 0.25) is 5.02 Å². The number of carbonyl (C=O) groups is 1. The highest BCUT2D eigenvalue weighted by atomic mass is 35.5. The number of anilines is 3. The summed E-state index contributed by atoms with van der Waals surface area (Å²) < 4.78 is 25.1. The predicted octanol–water partition coefficient (Wildman–Crippen LogP) is 8.35. The van der Waals surface area contributed by atoms with Gasteiger partial charge in [-0.05, 0) is 61.2 Å². The van der Waals surface area contributed by atoms with Crippen molar-refractivity contribution < 1.29 is 18.7 Å². The third-order valence-electron chi connectivity index (χ3n) is 6.62. The summed E-state index contributed by atoms with van der Waals surface area (Å²) in [6, 6.07) is 17.1. The van der Waals surface area contributed by atoms with Crippen LogP contribution < -0.4 is 20.1 Å². The molecule has 42 heavy (non-hydrogen) atoms. The maximum absolute atomic E-state index is 13.5. The molecule has 1 aromatic heterocycles. The Hall–Kier alpha value is -3.65. The van der Waals surface area contributed by atoms with E-state index < -0.39 is 0 Å². The van der Waals surface area contributed by atoms with E-state index in [4.69, 9.17) is 21.1 Å². The molecule has 1 saturated heterocycles. The predicted molar refractivity (Wildman–Crippen MR) is 169 cm³/mol. The molecule has 0 spiro atoms. The molecule has 0 radical (unpaired) electrons. The molecule has 1 aliphatic rings. The van der Waals surface area contributed by atoms with E-state index in [0.29, 0.717) is 74.6 Å². The van der Waals surface area contributed by atoms with Crippen molar-refractivity contribution in [1.29, 1.82) is 5.26 Å². The van der Waals surface area contributed by atoms with Crippen molar-refractivity contribution in [3.8, 4) is 17.6 Å².